The van der Waals surface area contributed by atoms with E-state index in [2.05, 4.69) is 85.0 Å². The first-order valence-electron chi connectivity index (χ1n) is 7.22. The fourth-order valence-corrected chi connectivity index (χ4v) is 5.46. The predicted molar refractivity (Wildman–Crippen MR) is 93.4 cm³/mol. The summed E-state index contributed by atoms with van der Waals surface area (Å²) >= 11 is 4.21. The molecule has 0 aliphatic carbocycles. The van der Waals surface area contributed by atoms with Gasteiger partial charge in [-0.25, -0.2) is 0 Å². The van der Waals surface area contributed by atoms with Crippen LogP contribution >= 0.6 is 23.5 Å². The largest absolute Gasteiger partial charge is 0.140 e. The van der Waals surface area contributed by atoms with E-state index in [0.717, 1.165) is 0 Å². The van der Waals surface area contributed by atoms with Gasteiger partial charge in [0.05, 0.1) is 4.08 Å². The highest BCUT2D eigenvalue weighted by molar-refractivity contribution is 8.17. The van der Waals surface area contributed by atoms with E-state index in [1.54, 1.807) is 0 Å². The molecule has 1 fully saturated rings. The molecule has 104 valence electrons. The Balaban J connectivity index is 1.85. The maximum atomic E-state index is 2.38. The molecule has 0 N–H and O–H groups in total. The predicted octanol–water partition coefficient (Wildman–Crippen LogP) is 5.79. The van der Waals surface area contributed by atoms with Gasteiger partial charge in [-0.05, 0) is 48.0 Å². The first-order valence-corrected chi connectivity index (χ1v) is 9.19. The zero-order valence-corrected chi connectivity index (χ0v) is 13.5. The minimum absolute atomic E-state index is 0.228. The maximum Gasteiger partial charge on any atom is 0.0832 e. The molecular formula is C18H20S2. The quantitative estimate of drug-likeness (QED) is 0.689. The highest BCUT2D eigenvalue weighted by Crippen LogP contribution is 2.48. The Morgan fingerprint density at radius 1 is 0.750 bits per heavy atom. The molecule has 0 radical (unpaired) electrons. The van der Waals surface area contributed by atoms with Crippen molar-refractivity contribution >= 4 is 23.5 Å². The average Bonchev–Trinajstić information content (AvgIpc) is 2.74. The lowest BCUT2D eigenvalue weighted by molar-refractivity contribution is 0.912. The monoisotopic (exact) mass is 300 g/mol. The summed E-state index contributed by atoms with van der Waals surface area (Å²) in [4.78, 5) is 0. The third-order valence-electron chi connectivity index (χ3n) is 3.81. The number of thioether (sulfide) groups is 2. The summed E-state index contributed by atoms with van der Waals surface area (Å²) in [7, 11) is 0. The van der Waals surface area contributed by atoms with Gasteiger partial charge in [0.15, 0.2) is 0 Å². The van der Waals surface area contributed by atoms with E-state index < -0.39 is 0 Å². The van der Waals surface area contributed by atoms with Crippen molar-refractivity contribution in [3.05, 3.63) is 60.2 Å². The van der Waals surface area contributed by atoms with Gasteiger partial charge < -0.3 is 0 Å². The normalized spacial score (nSPS) is 18.4. The summed E-state index contributed by atoms with van der Waals surface area (Å²) in [6.45, 7) is 2.38. The molecular weight excluding hydrogens is 280 g/mol. The van der Waals surface area contributed by atoms with Gasteiger partial charge >= 0.3 is 0 Å². The minimum Gasteiger partial charge on any atom is -0.140 e. The number of hydrogen-bond acceptors (Lipinski definition) is 2. The Morgan fingerprint density at radius 2 is 1.30 bits per heavy atom. The van der Waals surface area contributed by atoms with E-state index in [4.69, 9.17) is 0 Å². The van der Waals surface area contributed by atoms with Crippen LogP contribution in [0.25, 0.3) is 11.1 Å². The molecule has 2 heteroatoms. The third kappa shape index (κ3) is 3.07. The number of benzene rings is 2. The van der Waals surface area contributed by atoms with E-state index in [1.165, 1.54) is 41.0 Å². The van der Waals surface area contributed by atoms with E-state index in [9.17, 15) is 0 Å². The molecule has 1 saturated heterocycles. The van der Waals surface area contributed by atoms with Crippen LogP contribution in [0, 0.1) is 0 Å². The van der Waals surface area contributed by atoms with Crippen LogP contribution in [-0.2, 0) is 4.08 Å². The molecule has 0 unspecified atom stereocenters. The van der Waals surface area contributed by atoms with Crippen molar-refractivity contribution in [2.45, 2.75) is 23.8 Å². The molecule has 2 aromatic carbocycles. The van der Waals surface area contributed by atoms with Gasteiger partial charge in [0.1, 0.15) is 0 Å². The highest BCUT2D eigenvalue weighted by atomic mass is 32.2. The molecule has 1 heterocycles. The fraction of sp³-hybridized carbons (Fsp3) is 0.333. The van der Waals surface area contributed by atoms with Gasteiger partial charge in [-0.1, -0.05) is 54.6 Å². The molecule has 1 aliphatic heterocycles. The maximum absolute atomic E-state index is 2.38. The summed E-state index contributed by atoms with van der Waals surface area (Å²) in [6.07, 6.45) is 2.71. The van der Waals surface area contributed by atoms with Crippen LogP contribution in [-0.4, -0.2) is 11.5 Å². The number of rotatable bonds is 2. The second kappa shape index (κ2) is 6.28. The Kier molecular flexibility index (Phi) is 4.42. The van der Waals surface area contributed by atoms with Crippen molar-refractivity contribution in [3.8, 4) is 11.1 Å². The second-order valence-corrected chi connectivity index (χ2v) is 8.58. The van der Waals surface area contributed by atoms with E-state index in [-0.39, 0.29) is 4.08 Å². The van der Waals surface area contributed by atoms with Crippen LogP contribution in [0.15, 0.2) is 54.6 Å². The first-order chi connectivity index (χ1) is 9.78. The zero-order chi connectivity index (χ0) is 13.8. The highest BCUT2D eigenvalue weighted by Gasteiger charge is 2.29. The molecule has 0 amide bonds. The fourth-order valence-electron chi connectivity index (χ4n) is 2.54. The Hall–Kier alpha value is -0.860. The van der Waals surface area contributed by atoms with Gasteiger partial charge in [0, 0.05) is 0 Å². The second-order valence-electron chi connectivity index (χ2n) is 5.29. The molecule has 0 aromatic heterocycles. The van der Waals surface area contributed by atoms with E-state index in [0.29, 0.717) is 0 Å². The van der Waals surface area contributed by atoms with Crippen LogP contribution in [0.2, 0.25) is 0 Å². The van der Waals surface area contributed by atoms with E-state index in [1.807, 2.05) is 0 Å². The molecule has 0 bridgehead atoms. The SMILES string of the molecule is CC1(c2ccc(-c3ccccc3)cc2)SCCCCS1. The smallest absolute Gasteiger partial charge is 0.0832 e. The number of hydrogen-bond donors (Lipinski definition) is 0. The minimum atomic E-state index is 0.228. The van der Waals surface area contributed by atoms with Crippen molar-refractivity contribution in [3.63, 3.8) is 0 Å². The molecule has 20 heavy (non-hydrogen) atoms. The topological polar surface area (TPSA) is 0 Å². The average molecular weight is 300 g/mol. The molecule has 0 nitrogen and oxygen atoms in total. The van der Waals surface area contributed by atoms with Crippen molar-refractivity contribution in [1.82, 2.24) is 0 Å². The molecule has 0 spiro atoms. The molecule has 1 aliphatic rings. The zero-order valence-electron chi connectivity index (χ0n) is 11.8. The third-order valence-corrected chi connectivity index (χ3v) is 7.08. The van der Waals surface area contributed by atoms with Gasteiger partial charge in [-0.3, -0.25) is 0 Å². The lowest BCUT2D eigenvalue weighted by Gasteiger charge is -2.27. The van der Waals surface area contributed by atoms with Crippen molar-refractivity contribution in [2.75, 3.05) is 11.5 Å². The summed E-state index contributed by atoms with van der Waals surface area (Å²) in [5.41, 5.74) is 4.06. The molecule has 0 saturated carbocycles. The van der Waals surface area contributed by atoms with Gasteiger partial charge in [0.25, 0.3) is 0 Å². The van der Waals surface area contributed by atoms with Crippen LogP contribution in [0.4, 0.5) is 0 Å². The van der Waals surface area contributed by atoms with Gasteiger partial charge in [-0.2, -0.15) is 0 Å². The summed E-state index contributed by atoms with van der Waals surface area (Å²) in [5.74, 6) is 2.56. The van der Waals surface area contributed by atoms with Crippen LogP contribution in [0.5, 0.6) is 0 Å². The molecule has 3 rings (SSSR count). The van der Waals surface area contributed by atoms with Crippen LogP contribution in [0.1, 0.15) is 25.3 Å². The summed E-state index contributed by atoms with van der Waals surface area (Å²) < 4.78 is 0.228. The lowest BCUT2D eigenvalue weighted by Crippen LogP contribution is -2.12. The van der Waals surface area contributed by atoms with Crippen molar-refractivity contribution in [2.24, 2.45) is 0 Å². The van der Waals surface area contributed by atoms with Crippen molar-refractivity contribution in [1.29, 1.82) is 0 Å². The van der Waals surface area contributed by atoms with Crippen LogP contribution < -0.4 is 0 Å². The first kappa shape index (κ1) is 14.1. The Morgan fingerprint density at radius 3 is 1.90 bits per heavy atom. The van der Waals surface area contributed by atoms with Gasteiger partial charge in [-0.15, -0.1) is 23.5 Å². The summed E-state index contributed by atoms with van der Waals surface area (Å²) in [5, 5.41) is 0. The summed E-state index contributed by atoms with van der Waals surface area (Å²) in [6, 6.07) is 19.8. The van der Waals surface area contributed by atoms with Gasteiger partial charge in [0.2, 0.25) is 0 Å². The lowest BCUT2D eigenvalue weighted by atomic mass is 10.0. The van der Waals surface area contributed by atoms with E-state index >= 15 is 0 Å². The Labute approximate surface area is 130 Å². The molecule has 2 aromatic rings. The van der Waals surface area contributed by atoms with Crippen molar-refractivity contribution < 1.29 is 0 Å². The standard InChI is InChI=1S/C18H20S2/c1-18(19-13-5-6-14-20-18)17-11-9-16(10-12-17)15-7-3-2-4-8-15/h2-4,7-12H,5-6,13-14H2,1H3. The molecule has 0 atom stereocenters. The Bertz CT molecular complexity index is 537. The van der Waals surface area contributed by atoms with Crippen LogP contribution in [0.3, 0.4) is 0 Å².